The zero-order valence-electron chi connectivity index (χ0n) is 12.9. The molecular weight excluding hydrogens is 326 g/mol. The van der Waals surface area contributed by atoms with Crippen molar-refractivity contribution in [3.05, 3.63) is 42.2 Å². The Morgan fingerprint density at radius 3 is 2.64 bits per heavy atom. The van der Waals surface area contributed by atoms with Crippen LogP contribution in [0.3, 0.4) is 0 Å². The second-order valence-electron chi connectivity index (χ2n) is 5.05. The number of benzene rings is 1. The molecule has 0 aromatic heterocycles. The smallest absolute Gasteiger partial charge is 0.126 e. The van der Waals surface area contributed by atoms with Crippen LogP contribution in [0.25, 0.3) is 0 Å². The van der Waals surface area contributed by atoms with Crippen molar-refractivity contribution in [2.24, 2.45) is 0 Å². The normalized spacial score (nSPS) is 16.1. The molecule has 0 radical (unpaired) electrons. The van der Waals surface area contributed by atoms with Crippen molar-refractivity contribution >= 4 is 24.8 Å². The number of nitrogens with one attached hydrogen (secondary N) is 1. The summed E-state index contributed by atoms with van der Waals surface area (Å²) in [5.74, 6) is 0.381. The zero-order valence-corrected chi connectivity index (χ0v) is 14.5. The highest BCUT2D eigenvalue weighted by Gasteiger charge is 2.24. The molecular formula is C16H25Cl2FN2O. The molecule has 1 saturated heterocycles. The van der Waals surface area contributed by atoms with Crippen LogP contribution in [-0.4, -0.2) is 38.2 Å². The molecule has 3 nitrogen and oxygen atoms in total. The van der Waals surface area contributed by atoms with E-state index in [9.17, 15) is 4.39 Å². The first-order valence-electron chi connectivity index (χ1n) is 7.15. The fourth-order valence-corrected chi connectivity index (χ4v) is 2.76. The molecule has 0 aliphatic carbocycles. The van der Waals surface area contributed by atoms with Gasteiger partial charge in [-0.2, -0.15) is 0 Å². The Bertz CT molecular complexity index is 454. The highest BCUT2D eigenvalue weighted by molar-refractivity contribution is 5.85. The lowest BCUT2D eigenvalue weighted by atomic mass is 9.98. The topological polar surface area (TPSA) is 24.5 Å². The van der Waals surface area contributed by atoms with Gasteiger partial charge in [0, 0.05) is 43.9 Å². The number of hydrogen-bond acceptors (Lipinski definition) is 3. The van der Waals surface area contributed by atoms with Crippen LogP contribution in [0, 0.1) is 5.82 Å². The standard InChI is InChI=1S/C16H23FN2O.2ClH/c1-3-4-5-15(19-10-8-18-9-11-19)14-7-6-13(17)12-16(14)20-2;;/h3,6-7,12,15,18H,1,4-5,8-11H2,2H3;2*1H/t15-;;/m1../s1. The lowest BCUT2D eigenvalue weighted by Gasteiger charge is -2.35. The van der Waals surface area contributed by atoms with Crippen molar-refractivity contribution in [2.75, 3.05) is 33.3 Å². The van der Waals surface area contributed by atoms with Crippen LogP contribution in [0.15, 0.2) is 30.9 Å². The molecule has 1 N–H and O–H groups in total. The molecule has 0 spiro atoms. The number of rotatable bonds is 6. The Kier molecular flexibility index (Phi) is 10.4. The van der Waals surface area contributed by atoms with Crippen molar-refractivity contribution < 1.29 is 9.13 Å². The van der Waals surface area contributed by atoms with Gasteiger partial charge in [0.05, 0.1) is 7.11 Å². The number of piperazine rings is 1. The quantitative estimate of drug-likeness (QED) is 0.793. The molecule has 2 rings (SSSR count). The summed E-state index contributed by atoms with van der Waals surface area (Å²) in [5, 5.41) is 3.36. The van der Waals surface area contributed by atoms with Crippen molar-refractivity contribution in [3.63, 3.8) is 0 Å². The highest BCUT2D eigenvalue weighted by Crippen LogP contribution is 2.33. The summed E-state index contributed by atoms with van der Waals surface area (Å²) in [5.41, 5.74) is 1.07. The van der Waals surface area contributed by atoms with Gasteiger partial charge in [-0.25, -0.2) is 4.39 Å². The Labute approximate surface area is 144 Å². The first-order chi connectivity index (χ1) is 9.76. The third kappa shape index (κ3) is 5.43. The fourth-order valence-electron chi connectivity index (χ4n) is 2.76. The second-order valence-corrected chi connectivity index (χ2v) is 5.05. The summed E-state index contributed by atoms with van der Waals surface area (Å²) >= 11 is 0. The Morgan fingerprint density at radius 1 is 1.36 bits per heavy atom. The Hall–Kier alpha value is -0.810. The minimum atomic E-state index is -0.256. The van der Waals surface area contributed by atoms with Crippen LogP contribution in [0.4, 0.5) is 4.39 Å². The average molecular weight is 351 g/mol. The maximum atomic E-state index is 13.4. The Morgan fingerprint density at radius 2 is 2.05 bits per heavy atom. The van der Waals surface area contributed by atoms with Gasteiger partial charge in [0.1, 0.15) is 11.6 Å². The van der Waals surface area contributed by atoms with Gasteiger partial charge < -0.3 is 10.1 Å². The van der Waals surface area contributed by atoms with Gasteiger partial charge in [0.15, 0.2) is 0 Å². The van der Waals surface area contributed by atoms with Gasteiger partial charge in [-0.15, -0.1) is 31.4 Å². The summed E-state index contributed by atoms with van der Waals surface area (Å²) in [6, 6.07) is 5.09. The van der Waals surface area contributed by atoms with Crippen molar-refractivity contribution in [2.45, 2.75) is 18.9 Å². The van der Waals surface area contributed by atoms with Crippen molar-refractivity contribution in [1.29, 1.82) is 0 Å². The summed E-state index contributed by atoms with van der Waals surface area (Å²) in [6.45, 7) is 7.80. The van der Waals surface area contributed by atoms with E-state index in [2.05, 4.69) is 16.8 Å². The van der Waals surface area contributed by atoms with Crippen LogP contribution < -0.4 is 10.1 Å². The number of ether oxygens (including phenoxy) is 1. The highest BCUT2D eigenvalue weighted by atomic mass is 35.5. The third-order valence-corrected chi connectivity index (χ3v) is 3.79. The molecule has 0 unspecified atom stereocenters. The van der Waals surface area contributed by atoms with E-state index in [1.807, 2.05) is 12.1 Å². The molecule has 126 valence electrons. The molecule has 6 heteroatoms. The van der Waals surface area contributed by atoms with Gasteiger partial charge in [-0.05, 0) is 18.9 Å². The number of halogens is 3. The van der Waals surface area contributed by atoms with Crippen LogP contribution in [0.2, 0.25) is 0 Å². The fraction of sp³-hybridized carbons (Fsp3) is 0.500. The van der Waals surface area contributed by atoms with E-state index in [0.29, 0.717) is 5.75 Å². The van der Waals surface area contributed by atoms with Crippen LogP contribution in [0.5, 0.6) is 5.75 Å². The van der Waals surface area contributed by atoms with Crippen molar-refractivity contribution in [3.8, 4) is 5.75 Å². The molecule has 1 aliphatic rings. The largest absolute Gasteiger partial charge is 0.496 e. The lowest BCUT2D eigenvalue weighted by molar-refractivity contribution is 0.163. The number of allylic oxidation sites excluding steroid dienone is 1. The van der Waals surface area contributed by atoms with Crippen LogP contribution >= 0.6 is 24.8 Å². The maximum absolute atomic E-state index is 13.4. The van der Waals surface area contributed by atoms with Gasteiger partial charge in [-0.3, -0.25) is 4.90 Å². The first kappa shape index (κ1) is 21.2. The van der Waals surface area contributed by atoms with Gasteiger partial charge in [0.2, 0.25) is 0 Å². The molecule has 1 fully saturated rings. The van der Waals surface area contributed by atoms with Crippen LogP contribution in [0.1, 0.15) is 24.4 Å². The molecule has 1 atom stereocenters. The first-order valence-corrected chi connectivity index (χ1v) is 7.15. The minimum absolute atomic E-state index is 0. The number of nitrogens with zero attached hydrogens (tertiary/aromatic N) is 1. The number of hydrogen-bond donors (Lipinski definition) is 1. The molecule has 0 bridgehead atoms. The molecule has 1 aliphatic heterocycles. The molecule has 0 saturated carbocycles. The summed E-state index contributed by atoms with van der Waals surface area (Å²) in [7, 11) is 1.60. The van der Waals surface area contributed by atoms with Crippen molar-refractivity contribution in [1.82, 2.24) is 10.2 Å². The predicted octanol–water partition coefficient (Wildman–Crippen LogP) is 3.59. The number of methoxy groups -OCH3 is 1. The van der Waals surface area contributed by atoms with E-state index < -0.39 is 0 Å². The average Bonchev–Trinajstić information content (AvgIpc) is 2.49. The maximum Gasteiger partial charge on any atom is 0.126 e. The second kappa shape index (κ2) is 10.8. The SMILES string of the molecule is C=CCC[C@H](c1ccc(F)cc1OC)N1CCNCC1.Cl.Cl. The molecule has 1 heterocycles. The molecule has 1 aromatic carbocycles. The van der Waals surface area contributed by atoms with E-state index in [-0.39, 0.29) is 36.7 Å². The van der Waals surface area contributed by atoms with Gasteiger partial charge >= 0.3 is 0 Å². The Balaban J connectivity index is 0.00000220. The predicted molar refractivity (Wildman–Crippen MR) is 94.1 cm³/mol. The third-order valence-electron chi connectivity index (χ3n) is 3.79. The summed E-state index contributed by atoms with van der Waals surface area (Å²) in [4.78, 5) is 2.44. The lowest BCUT2D eigenvalue weighted by Crippen LogP contribution is -2.45. The summed E-state index contributed by atoms with van der Waals surface area (Å²) < 4.78 is 18.7. The van der Waals surface area contributed by atoms with Crippen LogP contribution in [-0.2, 0) is 0 Å². The molecule has 1 aromatic rings. The summed E-state index contributed by atoms with van der Waals surface area (Å²) in [6.07, 6.45) is 3.85. The van der Waals surface area contributed by atoms with E-state index in [1.165, 1.54) is 12.1 Å². The van der Waals surface area contributed by atoms with E-state index in [1.54, 1.807) is 7.11 Å². The molecule has 0 amide bonds. The molecule has 22 heavy (non-hydrogen) atoms. The van der Waals surface area contributed by atoms with E-state index in [0.717, 1.165) is 44.6 Å². The van der Waals surface area contributed by atoms with E-state index >= 15 is 0 Å². The monoisotopic (exact) mass is 350 g/mol. The minimum Gasteiger partial charge on any atom is -0.496 e. The van der Waals surface area contributed by atoms with Gasteiger partial charge in [-0.1, -0.05) is 12.1 Å². The van der Waals surface area contributed by atoms with E-state index in [4.69, 9.17) is 4.74 Å². The van der Waals surface area contributed by atoms with Gasteiger partial charge in [0.25, 0.3) is 0 Å². The zero-order chi connectivity index (χ0) is 14.4.